The number of esters is 1. The van der Waals surface area contributed by atoms with Gasteiger partial charge in [0.1, 0.15) is 6.10 Å². The fraction of sp³-hybridized carbons (Fsp3) is 0.875. The van der Waals surface area contributed by atoms with Crippen LogP contribution in [0.4, 0.5) is 0 Å². The number of fused-ring (bicyclic) bond motifs is 7. The summed E-state index contributed by atoms with van der Waals surface area (Å²) in [4.78, 5) is 24.7. The molecule has 5 aliphatic rings. The summed E-state index contributed by atoms with van der Waals surface area (Å²) in [5, 5.41) is 21.9. The Bertz CT molecular complexity index is 1030. The number of carbonyl (C=O) groups excluding carboxylic acids is 1. The summed E-state index contributed by atoms with van der Waals surface area (Å²) >= 11 is 0. The maximum Gasteiger partial charge on any atom is 0.310 e. The smallest absolute Gasteiger partial charge is 0.310 e. The lowest BCUT2D eigenvalue weighted by Crippen LogP contribution is -2.67. The minimum absolute atomic E-state index is 0.0389. The molecule has 0 aliphatic heterocycles. The van der Waals surface area contributed by atoms with Gasteiger partial charge in [0.15, 0.2) is 0 Å². The third-order valence-electron chi connectivity index (χ3n) is 13.3. The van der Waals surface area contributed by atoms with Crippen molar-refractivity contribution in [2.24, 2.45) is 50.2 Å². The van der Waals surface area contributed by atoms with E-state index in [-0.39, 0.29) is 39.0 Å². The Morgan fingerprint density at radius 3 is 2.19 bits per heavy atom. The first-order valence-electron chi connectivity index (χ1n) is 14.7. The lowest BCUT2D eigenvalue weighted by Gasteiger charge is -2.71. The second kappa shape index (κ2) is 8.08. The molecule has 5 aliphatic carbocycles. The fourth-order valence-electron chi connectivity index (χ4n) is 11.2. The summed E-state index contributed by atoms with van der Waals surface area (Å²) in [5.41, 5.74) is 0.580. The van der Waals surface area contributed by atoms with Crippen molar-refractivity contribution in [3.63, 3.8) is 0 Å². The fourth-order valence-corrected chi connectivity index (χ4v) is 11.2. The molecule has 2 N–H and O–H groups in total. The van der Waals surface area contributed by atoms with Crippen molar-refractivity contribution >= 4 is 11.9 Å². The van der Waals surface area contributed by atoms with Gasteiger partial charge in [-0.2, -0.15) is 0 Å². The molecule has 208 valence electrons. The van der Waals surface area contributed by atoms with Crippen LogP contribution in [0.1, 0.15) is 113 Å². The molecule has 5 nitrogen and oxygen atoms in total. The molecule has 4 fully saturated rings. The van der Waals surface area contributed by atoms with Crippen LogP contribution in [0.5, 0.6) is 0 Å². The molecule has 37 heavy (non-hydrogen) atoms. The van der Waals surface area contributed by atoms with Crippen LogP contribution in [0.3, 0.4) is 0 Å². The Labute approximate surface area is 223 Å². The first-order valence-corrected chi connectivity index (χ1v) is 14.7. The van der Waals surface area contributed by atoms with E-state index in [0.29, 0.717) is 18.3 Å². The SMILES string of the molecule is CC(=O)OC1C(O)CC2(C)C(CCC3(C)C2CC=C2C4CC(C)(C)CCC4(C(=O)O)CCC23C)C1(C)C. The van der Waals surface area contributed by atoms with Gasteiger partial charge < -0.3 is 14.9 Å². The van der Waals surface area contributed by atoms with Crippen LogP contribution < -0.4 is 0 Å². The van der Waals surface area contributed by atoms with E-state index in [1.165, 1.54) is 12.5 Å². The topological polar surface area (TPSA) is 83.8 Å². The maximum absolute atomic E-state index is 12.8. The number of aliphatic hydroxyl groups is 1. The Kier molecular flexibility index (Phi) is 5.95. The van der Waals surface area contributed by atoms with Crippen LogP contribution in [0.25, 0.3) is 0 Å². The zero-order chi connectivity index (χ0) is 27.4. The molecule has 5 rings (SSSR count). The van der Waals surface area contributed by atoms with E-state index in [2.05, 4.69) is 54.5 Å². The summed E-state index contributed by atoms with van der Waals surface area (Å²) in [5.74, 6) is -0.0583. The van der Waals surface area contributed by atoms with Crippen LogP contribution in [0.15, 0.2) is 11.6 Å². The Hall–Kier alpha value is -1.36. The van der Waals surface area contributed by atoms with Gasteiger partial charge in [-0.15, -0.1) is 0 Å². The summed E-state index contributed by atoms with van der Waals surface area (Å²) in [6.45, 7) is 17.8. The van der Waals surface area contributed by atoms with Crippen LogP contribution in [-0.4, -0.2) is 34.4 Å². The molecule has 0 bridgehead atoms. The normalized spacial score (nSPS) is 49.9. The van der Waals surface area contributed by atoms with E-state index in [0.717, 1.165) is 51.4 Å². The molecule has 0 radical (unpaired) electrons. The monoisotopic (exact) mass is 514 g/mol. The number of rotatable bonds is 2. The number of aliphatic hydroxyl groups excluding tert-OH is 1. The maximum atomic E-state index is 12.8. The number of allylic oxidation sites excluding steroid dienone is 2. The average Bonchev–Trinajstić information content (AvgIpc) is 2.76. The van der Waals surface area contributed by atoms with Crippen molar-refractivity contribution in [2.75, 3.05) is 0 Å². The van der Waals surface area contributed by atoms with E-state index < -0.39 is 23.6 Å². The predicted octanol–water partition coefficient (Wildman–Crippen LogP) is 6.78. The van der Waals surface area contributed by atoms with Crippen molar-refractivity contribution in [3.05, 3.63) is 11.6 Å². The average molecular weight is 515 g/mol. The molecule has 0 saturated heterocycles. The minimum Gasteiger partial charge on any atom is -0.481 e. The molecule has 0 aromatic carbocycles. The van der Waals surface area contributed by atoms with Crippen molar-refractivity contribution in [2.45, 2.75) is 125 Å². The third-order valence-corrected chi connectivity index (χ3v) is 13.3. The minimum atomic E-state index is -0.675. The highest BCUT2D eigenvalue weighted by Gasteiger charge is 2.70. The molecule has 0 aromatic heterocycles. The second-order valence-electron chi connectivity index (χ2n) is 15.8. The van der Waals surface area contributed by atoms with Gasteiger partial charge in [-0.1, -0.05) is 60.1 Å². The van der Waals surface area contributed by atoms with Gasteiger partial charge in [-0.3, -0.25) is 9.59 Å². The summed E-state index contributed by atoms with van der Waals surface area (Å²) in [6.07, 6.45) is 9.46. The van der Waals surface area contributed by atoms with Gasteiger partial charge >= 0.3 is 11.9 Å². The molecule has 0 amide bonds. The Morgan fingerprint density at radius 2 is 1.57 bits per heavy atom. The molecule has 9 atom stereocenters. The summed E-state index contributed by atoms with van der Waals surface area (Å²) < 4.78 is 5.74. The zero-order valence-corrected chi connectivity index (χ0v) is 24.4. The first-order chi connectivity index (χ1) is 16.9. The highest BCUT2D eigenvalue weighted by Crippen LogP contribution is 2.75. The van der Waals surface area contributed by atoms with Crippen molar-refractivity contribution in [1.82, 2.24) is 0 Å². The largest absolute Gasteiger partial charge is 0.481 e. The van der Waals surface area contributed by atoms with Gasteiger partial charge in [0.2, 0.25) is 0 Å². The first kappa shape index (κ1) is 27.2. The highest BCUT2D eigenvalue weighted by atomic mass is 16.6. The number of hydrogen-bond donors (Lipinski definition) is 2. The van der Waals surface area contributed by atoms with Crippen LogP contribution >= 0.6 is 0 Å². The molecule has 0 spiro atoms. The third kappa shape index (κ3) is 3.50. The van der Waals surface area contributed by atoms with Gasteiger partial charge in [0.05, 0.1) is 11.5 Å². The van der Waals surface area contributed by atoms with Crippen LogP contribution in [0, 0.1) is 50.2 Å². The van der Waals surface area contributed by atoms with Crippen molar-refractivity contribution in [1.29, 1.82) is 0 Å². The zero-order valence-electron chi connectivity index (χ0n) is 24.4. The van der Waals surface area contributed by atoms with Gasteiger partial charge in [-0.25, -0.2) is 0 Å². The van der Waals surface area contributed by atoms with Crippen LogP contribution in [0.2, 0.25) is 0 Å². The van der Waals surface area contributed by atoms with E-state index >= 15 is 0 Å². The molecule has 9 unspecified atom stereocenters. The van der Waals surface area contributed by atoms with E-state index in [1.807, 2.05) is 0 Å². The van der Waals surface area contributed by atoms with Gasteiger partial charge in [0.25, 0.3) is 0 Å². The summed E-state index contributed by atoms with van der Waals surface area (Å²) in [7, 11) is 0. The standard InChI is InChI=1S/C32H50O5/c1-19(33)37-25-22(34)18-29(6)23(28(25,4)5)11-12-31(8)24(29)10-9-20-21-17-27(2,3)13-15-32(21,26(35)36)16-14-30(20,31)7/h9,21-25,34H,10-18H2,1-8H3,(H,35,36). The molecule has 4 saturated carbocycles. The van der Waals surface area contributed by atoms with Crippen LogP contribution in [-0.2, 0) is 14.3 Å². The number of hydrogen-bond acceptors (Lipinski definition) is 4. The molecular formula is C32H50O5. The van der Waals surface area contributed by atoms with Gasteiger partial charge in [0, 0.05) is 12.3 Å². The van der Waals surface area contributed by atoms with Crippen molar-refractivity contribution in [3.8, 4) is 0 Å². The Morgan fingerprint density at radius 1 is 0.919 bits per heavy atom. The molecule has 5 heteroatoms. The molecule has 0 heterocycles. The molecule has 0 aromatic rings. The second-order valence-corrected chi connectivity index (χ2v) is 15.8. The Balaban J connectivity index is 1.57. The quantitative estimate of drug-likeness (QED) is 0.314. The predicted molar refractivity (Wildman–Crippen MR) is 144 cm³/mol. The molecular weight excluding hydrogens is 464 g/mol. The van der Waals surface area contributed by atoms with Gasteiger partial charge in [-0.05, 0) is 97.2 Å². The number of carboxylic acid groups (broad SMARTS) is 1. The number of carbonyl (C=O) groups is 2. The summed E-state index contributed by atoms with van der Waals surface area (Å²) in [6, 6.07) is 0. The highest BCUT2D eigenvalue weighted by molar-refractivity contribution is 5.76. The lowest BCUT2D eigenvalue weighted by molar-refractivity contribution is -0.239. The van der Waals surface area contributed by atoms with E-state index in [9.17, 15) is 19.8 Å². The number of carboxylic acids is 1. The van der Waals surface area contributed by atoms with Crippen molar-refractivity contribution < 1.29 is 24.5 Å². The number of aliphatic carboxylic acids is 1. The van der Waals surface area contributed by atoms with E-state index in [4.69, 9.17) is 4.74 Å². The van der Waals surface area contributed by atoms with E-state index in [1.54, 1.807) is 0 Å². The lowest BCUT2D eigenvalue weighted by atomic mass is 9.33. The number of ether oxygens (including phenoxy) is 1.